The second-order valence-corrected chi connectivity index (χ2v) is 24.9. The lowest BCUT2D eigenvalue weighted by molar-refractivity contribution is 0.470. The van der Waals surface area contributed by atoms with Crippen molar-refractivity contribution < 1.29 is 72.3 Å². The van der Waals surface area contributed by atoms with Gasteiger partial charge in [-0.25, -0.2) is 0 Å². The first-order valence-corrected chi connectivity index (χ1v) is 30.9. The molecule has 11 rings (SSSR count). The molecule has 36 heteroatoms. The number of benzene rings is 9. The maximum Gasteiger partial charge on any atom is 0.296 e. The third-order valence-corrected chi connectivity index (χ3v) is 16.5. The van der Waals surface area contributed by atoms with Gasteiger partial charge in [-0.2, -0.15) is 84.0 Å². The number of aromatic nitrogens is 6. The number of hydrogen-bond donors (Lipinski definition) is 12. The predicted molar refractivity (Wildman–Crippen MR) is 319 cm³/mol. The molecule has 88 heavy (non-hydrogen) atoms. The summed E-state index contributed by atoms with van der Waals surface area (Å²) < 4.78 is 138. The van der Waals surface area contributed by atoms with Crippen molar-refractivity contribution in [1.82, 2.24) is 29.9 Å². The van der Waals surface area contributed by atoms with Crippen molar-refractivity contribution in [2.45, 2.75) is 19.6 Å². The van der Waals surface area contributed by atoms with E-state index in [9.17, 15) is 72.3 Å². The molecule has 0 spiro atoms. The SMILES string of the molecule is O=S(=O)(O)c1cc(O)c2ccc(N=Nc3ccc4c(O)c(Nc5nc(Cl)nc(Nc6ccc(Nc7nc(Cl)nc(Nc8c(S(=O)(=O)O)cc9cc(N=Nc%10ccc%11c(O)cc(S(=O)(=O)O)cc%11c%10)ccc9c8O)n7)cc6)n5)c(S(=O)(=O)O)cc4c3)cc2c1. The summed E-state index contributed by atoms with van der Waals surface area (Å²) in [6.07, 6.45) is 0. The first-order valence-electron chi connectivity index (χ1n) is 24.4. The molecular formula is C52H34Cl2N14O16S4. The van der Waals surface area contributed by atoms with Crippen molar-refractivity contribution in [1.29, 1.82) is 0 Å². The van der Waals surface area contributed by atoms with Crippen LogP contribution in [0, 0.1) is 0 Å². The Morgan fingerprint density at radius 3 is 0.943 bits per heavy atom. The van der Waals surface area contributed by atoms with E-state index in [1.807, 2.05) is 0 Å². The molecule has 12 N–H and O–H groups in total. The Morgan fingerprint density at radius 2 is 0.636 bits per heavy atom. The van der Waals surface area contributed by atoms with Crippen molar-refractivity contribution in [3.8, 4) is 23.0 Å². The first-order chi connectivity index (χ1) is 41.5. The molecule has 0 saturated carbocycles. The fourth-order valence-electron chi connectivity index (χ4n) is 8.79. The second-order valence-electron chi connectivity index (χ2n) is 18.6. The minimum absolute atomic E-state index is 0.0659. The molecule has 0 amide bonds. The van der Waals surface area contributed by atoms with Gasteiger partial charge in [0, 0.05) is 45.1 Å². The van der Waals surface area contributed by atoms with E-state index >= 15 is 0 Å². The fourth-order valence-corrected chi connectivity index (χ4v) is 11.5. The van der Waals surface area contributed by atoms with Gasteiger partial charge >= 0.3 is 0 Å². The minimum Gasteiger partial charge on any atom is -0.507 e. The Morgan fingerprint density at radius 1 is 0.341 bits per heavy atom. The van der Waals surface area contributed by atoms with E-state index in [0.29, 0.717) is 11.4 Å². The van der Waals surface area contributed by atoms with Gasteiger partial charge in [0.25, 0.3) is 40.5 Å². The van der Waals surface area contributed by atoms with Crippen molar-refractivity contribution in [3.05, 3.63) is 144 Å². The van der Waals surface area contributed by atoms with Gasteiger partial charge in [0.05, 0.1) is 32.5 Å². The Kier molecular flexibility index (Phi) is 15.3. The summed E-state index contributed by atoms with van der Waals surface area (Å²) in [5.41, 5.74) is 0.242. The minimum atomic E-state index is -5.09. The molecule has 0 aliphatic carbocycles. The van der Waals surface area contributed by atoms with E-state index in [1.165, 1.54) is 97.1 Å². The maximum absolute atomic E-state index is 12.8. The van der Waals surface area contributed by atoms with Crippen LogP contribution in [0.15, 0.2) is 173 Å². The van der Waals surface area contributed by atoms with Crippen molar-refractivity contribution in [2.75, 3.05) is 21.3 Å². The van der Waals surface area contributed by atoms with Crippen LogP contribution in [0.2, 0.25) is 10.6 Å². The standard InChI is InChI=1S/C52H34Cl2N14O16S4/c53-47-59-49(63-51(61-47)57-43-41(87(79,80)81)19-25-15-31(7-11-37(25)45(43)71)67-65-29-5-9-35-23(13-29)17-33(21-39(35)69)85(73,74)75)55-27-1-2-28(4-3-27)56-50-60-48(54)62-52(64-50)58-44-42(88(82,83)84)20-26-16-32(8-12-38(26)46(44)72)68-66-30-6-10-36-24(14-30)18-34(22-40(36)70)86(76,77)78/h1-22,69-72H,(H,73,74,75)(H,76,77,78)(H,79,80,81)(H,82,83,84)(H2,55,57,59,61,63)(H2,56,58,60,62,64). The molecule has 11 aromatic rings. The highest BCUT2D eigenvalue weighted by atomic mass is 35.5. The summed E-state index contributed by atoms with van der Waals surface area (Å²) in [5.74, 6) is -3.33. The van der Waals surface area contributed by atoms with Crippen LogP contribution < -0.4 is 21.3 Å². The van der Waals surface area contributed by atoms with E-state index in [2.05, 4.69) is 71.6 Å². The van der Waals surface area contributed by atoms with E-state index in [4.69, 9.17) is 23.2 Å². The van der Waals surface area contributed by atoms with Crippen LogP contribution >= 0.6 is 23.2 Å². The quantitative estimate of drug-likeness (QED) is 0.0243. The number of anilines is 8. The summed E-state index contributed by atoms with van der Waals surface area (Å²) in [4.78, 5) is 21.8. The van der Waals surface area contributed by atoms with E-state index in [0.717, 1.165) is 36.4 Å². The van der Waals surface area contributed by atoms with Crippen LogP contribution in [0.4, 0.5) is 69.3 Å². The molecule has 0 radical (unpaired) electrons. The van der Waals surface area contributed by atoms with Gasteiger partial charge in [-0.05, 0) is 166 Å². The molecule has 0 bridgehead atoms. The van der Waals surface area contributed by atoms with Crippen LogP contribution in [0.1, 0.15) is 0 Å². The van der Waals surface area contributed by atoms with Gasteiger partial charge in [0.1, 0.15) is 44.2 Å². The highest BCUT2D eigenvalue weighted by Crippen LogP contribution is 2.44. The second kappa shape index (κ2) is 22.6. The number of azo groups is 2. The van der Waals surface area contributed by atoms with Crippen LogP contribution in [-0.4, -0.2) is 102 Å². The summed E-state index contributed by atoms with van der Waals surface area (Å²) in [7, 11) is -19.5. The molecule has 30 nitrogen and oxygen atoms in total. The average Bonchev–Trinajstić information content (AvgIpc) is 1.71. The maximum atomic E-state index is 12.8. The number of hydrogen-bond acceptors (Lipinski definition) is 26. The lowest BCUT2D eigenvalue weighted by atomic mass is 10.1. The van der Waals surface area contributed by atoms with E-state index in [1.54, 1.807) is 0 Å². The van der Waals surface area contributed by atoms with E-state index in [-0.39, 0.29) is 77.7 Å². The predicted octanol–water partition coefficient (Wildman–Crippen LogP) is 11.6. The van der Waals surface area contributed by atoms with E-state index < -0.39 is 117 Å². The Bertz CT molecular complexity index is 5000. The van der Waals surface area contributed by atoms with Gasteiger partial charge in [-0.1, -0.05) is 0 Å². The normalized spacial score (nSPS) is 12.4. The third kappa shape index (κ3) is 12.9. The molecule has 0 fully saturated rings. The number of nitrogens with one attached hydrogen (secondary N) is 4. The summed E-state index contributed by atoms with van der Waals surface area (Å²) in [5, 5.41) is 71.4. The number of nitrogens with zero attached hydrogens (tertiary/aromatic N) is 10. The van der Waals surface area contributed by atoms with Gasteiger partial charge in [-0.15, -0.1) is 0 Å². The number of phenols is 4. The Balaban J connectivity index is 0.785. The van der Waals surface area contributed by atoms with Crippen LogP contribution in [-0.2, 0) is 40.5 Å². The van der Waals surface area contributed by atoms with Crippen LogP contribution in [0.3, 0.4) is 0 Å². The molecule has 0 saturated heterocycles. The smallest absolute Gasteiger partial charge is 0.296 e. The van der Waals surface area contributed by atoms with Crippen molar-refractivity contribution >= 4 is 176 Å². The molecule has 0 aliphatic heterocycles. The molecule has 2 aromatic heterocycles. The first kappa shape index (κ1) is 59.6. The van der Waals surface area contributed by atoms with Crippen molar-refractivity contribution in [2.24, 2.45) is 20.5 Å². The van der Waals surface area contributed by atoms with Gasteiger partial charge < -0.3 is 41.7 Å². The highest BCUT2D eigenvalue weighted by molar-refractivity contribution is 7.86. The molecule has 0 unspecified atom stereocenters. The largest absolute Gasteiger partial charge is 0.507 e. The molecule has 0 aliphatic rings. The summed E-state index contributed by atoms with van der Waals surface area (Å²) in [6, 6.07) is 29.1. The summed E-state index contributed by atoms with van der Waals surface area (Å²) in [6.45, 7) is 0. The topological polar surface area (TPSA) is 473 Å². The monoisotopic (exact) mass is 1310 g/mol. The van der Waals surface area contributed by atoms with Gasteiger partial charge in [-0.3, -0.25) is 18.2 Å². The zero-order valence-corrected chi connectivity index (χ0v) is 48.2. The molecular weight excluding hydrogens is 1280 g/mol. The van der Waals surface area contributed by atoms with Gasteiger partial charge in [0.2, 0.25) is 34.4 Å². The number of rotatable bonds is 16. The zero-order chi connectivity index (χ0) is 62.8. The van der Waals surface area contributed by atoms with Crippen LogP contribution in [0.5, 0.6) is 23.0 Å². The third-order valence-electron chi connectivity index (χ3n) is 12.7. The molecule has 2 heterocycles. The molecule has 446 valence electrons. The highest BCUT2D eigenvalue weighted by Gasteiger charge is 2.26. The molecule has 0 atom stereocenters. The lowest BCUT2D eigenvalue weighted by Crippen LogP contribution is -2.08. The fraction of sp³-hybridized carbons (Fsp3) is 0. The Hall–Kier alpha value is -10.1. The molecule has 9 aromatic carbocycles. The van der Waals surface area contributed by atoms with Crippen molar-refractivity contribution in [3.63, 3.8) is 0 Å². The Labute approximate surface area is 503 Å². The van der Waals surface area contributed by atoms with Gasteiger partial charge in [0.15, 0.2) is 0 Å². The number of aromatic hydroxyl groups is 4. The number of phenolic OH excluding ortho intramolecular Hbond substituents is 4. The number of halogens is 2. The number of fused-ring (bicyclic) bond motifs is 4. The zero-order valence-electron chi connectivity index (χ0n) is 43.4. The average molecular weight is 1310 g/mol. The van der Waals surface area contributed by atoms with Crippen LogP contribution in [0.25, 0.3) is 43.1 Å². The summed E-state index contributed by atoms with van der Waals surface area (Å²) >= 11 is 12.5. The lowest BCUT2D eigenvalue weighted by Gasteiger charge is -2.15.